The van der Waals surface area contributed by atoms with E-state index in [0.717, 1.165) is 16.9 Å². The smallest absolute Gasteiger partial charge is 0.288 e. The van der Waals surface area contributed by atoms with Gasteiger partial charge in [0.05, 0.1) is 16.8 Å². The van der Waals surface area contributed by atoms with Gasteiger partial charge < -0.3 is 9.47 Å². The number of amides is 1. The minimum Gasteiger partial charge on any atom is -0.493 e. The highest BCUT2D eigenvalue weighted by Crippen LogP contribution is 2.32. The highest BCUT2D eigenvalue weighted by molar-refractivity contribution is 7.99. The Morgan fingerprint density at radius 1 is 1.12 bits per heavy atom. The Balaban J connectivity index is 1.46. The van der Waals surface area contributed by atoms with Crippen LogP contribution in [0.5, 0.6) is 11.5 Å². The Kier molecular flexibility index (Phi) is 9.75. The Labute approximate surface area is 200 Å². The number of thioether (sulfide) groups is 1. The second-order valence-corrected chi connectivity index (χ2v) is 9.66. The summed E-state index contributed by atoms with van der Waals surface area (Å²) in [5, 5.41) is 3.09. The summed E-state index contributed by atoms with van der Waals surface area (Å²) in [7, 11) is 0. The summed E-state index contributed by atoms with van der Waals surface area (Å²) >= 11 is 1.71. The van der Waals surface area contributed by atoms with Crippen LogP contribution in [0.25, 0.3) is 10.2 Å². The number of fused-ring (bicyclic) bond motifs is 1. The molecule has 1 atom stereocenters. The van der Waals surface area contributed by atoms with Crippen molar-refractivity contribution in [3.8, 4) is 11.5 Å². The molecule has 9 heteroatoms. The number of unbranched alkanes of at least 4 members (excludes halogenated alkanes) is 1. The highest BCUT2D eigenvalue weighted by atomic mass is 32.2. The molecule has 0 spiro atoms. The van der Waals surface area contributed by atoms with Crippen molar-refractivity contribution in [1.29, 1.82) is 0 Å². The van der Waals surface area contributed by atoms with Gasteiger partial charge in [-0.1, -0.05) is 56.2 Å². The van der Waals surface area contributed by atoms with E-state index in [1.807, 2.05) is 12.1 Å². The molecule has 1 aromatic heterocycles. The van der Waals surface area contributed by atoms with Crippen LogP contribution >= 0.6 is 23.1 Å². The van der Waals surface area contributed by atoms with Crippen molar-refractivity contribution in [3.05, 3.63) is 42.5 Å². The Morgan fingerprint density at radius 3 is 2.52 bits per heavy atom. The van der Waals surface area contributed by atoms with E-state index in [1.165, 1.54) is 30.6 Å². The van der Waals surface area contributed by atoms with Crippen LogP contribution in [0.1, 0.15) is 39.5 Å². The Morgan fingerprint density at radius 2 is 1.85 bits per heavy atom. The predicted molar refractivity (Wildman–Crippen MR) is 131 cm³/mol. The van der Waals surface area contributed by atoms with Crippen LogP contribution in [0.2, 0.25) is 0 Å². The van der Waals surface area contributed by atoms with Gasteiger partial charge in [0, 0.05) is 4.90 Å². The van der Waals surface area contributed by atoms with E-state index in [-0.39, 0.29) is 12.5 Å². The van der Waals surface area contributed by atoms with E-state index in [4.69, 9.17) is 9.47 Å². The monoisotopic (exact) mass is 494 g/mol. The van der Waals surface area contributed by atoms with E-state index in [1.54, 1.807) is 30.3 Å². The number of anilines is 1. The lowest BCUT2D eigenvalue weighted by Crippen LogP contribution is -2.20. The van der Waals surface area contributed by atoms with Crippen LogP contribution in [0.4, 0.5) is 13.9 Å². The van der Waals surface area contributed by atoms with Crippen LogP contribution in [0.3, 0.4) is 0 Å². The van der Waals surface area contributed by atoms with E-state index in [2.05, 4.69) is 24.1 Å². The molecular formula is C24H28F2N2O3S2. The summed E-state index contributed by atoms with van der Waals surface area (Å²) in [5.74, 6) is -0.930. The van der Waals surface area contributed by atoms with Gasteiger partial charge in [-0.15, -0.1) is 0 Å². The molecular weight excluding hydrogens is 466 g/mol. The quantitative estimate of drug-likeness (QED) is 0.254. The van der Waals surface area contributed by atoms with Gasteiger partial charge in [-0.3, -0.25) is 10.1 Å². The van der Waals surface area contributed by atoms with Crippen LogP contribution in [0, 0.1) is 5.92 Å². The van der Waals surface area contributed by atoms with Crippen molar-refractivity contribution in [2.45, 2.75) is 50.2 Å². The zero-order chi connectivity index (χ0) is 23.6. The zero-order valence-electron chi connectivity index (χ0n) is 18.7. The third-order valence-electron chi connectivity index (χ3n) is 5.05. The molecule has 2 aromatic carbocycles. The SMILES string of the molecule is CCCCC(CC)COc1ccc(OCC(=O)Nc2nc3ccc(SC(F)F)cc3s2)cc1. The van der Waals surface area contributed by atoms with Gasteiger partial charge >= 0.3 is 0 Å². The minimum absolute atomic E-state index is 0.169. The van der Waals surface area contributed by atoms with Gasteiger partial charge in [-0.05, 0) is 54.8 Å². The zero-order valence-corrected chi connectivity index (χ0v) is 20.3. The first kappa shape index (κ1) is 25.2. The van der Waals surface area contributed by atoms with Gasteiger partial charge in [-0.25, -0.2) is 4.98 Å². The Bertz CT molecular complexity index is 1030. The molecule has 5 nitrogen and oxygen atoms in total. The molecule has 1 amide bonds. The number of nitrogens with one attached hydrogen (secondary N) is 1. The fourth-order valence-electron chi connectivity index (χ4n) is 3.18. The molecule has 1 heterocycles. The molecule has 0 saturated heterocycles. The lowest BCUT2D eigenvalue weighted by molar-refractivity contribution is -0.118. The summed E-state index contributed by atoms with van der Waals surface area (Å²) in [5.41, 5.74) is 0.644. The molecule has 3 aromatic rings. The molecule has 1 N–H and O–H groups in total. The fourth-order valence-corrected chi connectivity index (χ4v) is 4.72. The average Bonchev–Trinajstić information content (AvgIpc) is 3.19. The molecule has 0 saturated carbocycles. The summed E-state index contributed by atoms with van der Waals surface area (Å²) in [6.07, 6.45) is 4.68. The molecule has 3 rings (SSSR count). The number of halogens is 2. The van der Waals surface area contributed by atoms with Gasteiger partial charge in [0.15, 0.2) is 11.7 Å². The lowest BCUT2D eigenvalue weighted by atomic mass is 10.0. The third kappa shape index (κ3) is 8.16. The molecule has 0 fully saturated rings. The largest absolute Gasteiger partial charge is 0.493 e. The van der Waals surface area contributed by atoms with E-state index in [9.17, 15) is 13.6 Å². The number of hydrogen-bond donors (Lipinski definition) is 1. The highest BCUT2D eigenvalue weighted by Gasteiger charge is 2.12. The van der Waals surface area contributed by atoms with E-state index < -0.39 is 5.76 Å². The number of aromatic nitrogens is 1. The van der Waals surface area contributed by atoms with Crippen molar-refractivity contribution in [3.63, 3.8) is 0 Å². The molecule has 33 heavy (non-hydrogen) atoms. The lowest BCUT2D eigenvalue weighted by Gasteiger charge is -2.15. The number of carbonyl (C=O) groups excluding carboxylic acids is 1. The number of hydrogen-bond acceptors (Lipinski definition) is 6. The molecule has 0 aliphatic rings. The normalized spacial score (nSPS) is 12.2. The number of ether oxygens (including phenoxy) is 2. The fraction of sp³-hybridized carbons (Fsp3) is 0.417. The molecule has 0 aliphatic heterocycles. The van der Waals surface area contributed by atoms with Crippen molar-refractivity contribution in [1.82, 2.24) is 4.98 Å². The number of benzene rings is 2. The summed E-state index contributed by atoms with van der Waals surface area (Å²) < 4.78 is 37.3. The average molecular weight is 495 g/mol. The number of alkyl halides is 2. The summed E-state index contributed by atoms with van der Waals surface area (Å²) in [4.78, 5) is 17.0. The van der Waals surface area contributed by atoms with Crippen molar-refractivity contribution < 1.29 is 23.0 Å². The molecule has 0 radical (unpaired) electrons. The standard InChI is InChI=1S/C24H28F2N2O3S2/c1-3-5-6-16(4-2)14-30-17-7-9-18(10-8-17)31-15-22(29)28-24-27-20-12-11-19(32-23(25)26)13-21(20)33-24/h7-13,16,23H,3-6,14-15H2,1-2H3,(H,27,28,29). The number of thiazole rings is 1. The first-order valence-corrected chi connectivity index (χ1v) is 12.7. The second kappa shape index (κ2) is 12.7. The topological polar surface area (TPSA) is 60.5 Å². The second-order valence-electron chi connectivity index (χ2n) is 7.56. The summed E-state index contributed by atoms with van der Waals surface area (Å²) in [6.45, 7) is 4.91. The molecule has 0 aliphatic carbocycles. The number of rotatable bonds is 13. The minimum atomic E-state index is -2.48. The maximum Gasteiger partial charge on any atom is 0.288 e. The maximum absolute atomic E-state index is 12.5. The van der Waals surface area contributed by atoms with Gasteiger partial charge in [0.1, 0.15) is 11.5 Å². The number of nitrogens with zero attached hydrogens (tertiary/aromatic N) is 1. The Hall–Kier alpha value is -2.39. The van der Waals surface area contributed by atoms with Gasteiger partial charge in [0.2, 0.25) is 0 Å². The first-order chi connectivity index (χ1) is 16.0. The molecule has 1 unspecified atom stereocenters. The van der Waals surface area contributed by atoms with Gasteiger partial charge in [0.25, 0.3) is 11.7 Å². The maximum atomic E-state index is 12.5. The van der Waals surface area contributed by atoms with Crippen molar-refractivity contribution >= 4 is 44.4 Å². The van der Waals surface area contributed by atoms with Crippen LogP contribution in [-0.4, -0.2) is 29.9 Å². The van der Waals surface area contributed by atoms with E-state index >= 15 is 0 Å². The molecule has 0 bridgehead atoms. The van der Waals surface area contributed by atoms with Gasteiger partial charge in [-0.2, -0.15) is 8.78 Å². The summed E-state index contributed by atoms with van der Waals surface area (Å²) in [6, 6.07) is 12.1. The predicted octanol–water partition coefficient (Wildman–Crippen LogP) is 7.22. The number of carbonyl (C=O) groups is 1. The molecule has 178 valence electrons. The van der Waals surface area contributed by atoms with Crippen molar-refractivity contribution in [2.24, 2.45) is 5.92 Å². The van der Waals surface area contributed by atoms with E-state index in [0.29, 0.717) is 45.6 Å². The first-order valence-electron chi connectivity index (χ1n) is 11.0. The third-order valence-corrected chi connectivity index (χ3v) is 6.69. The van der Waals surface area contributed by atoms with Crippen molar-refractivity contribution in [2.75, 3.05) is 18.5 Å². The van der Waals surface area contributed by atoms with Crippen LogP contribution in [-0.2, 0) is 4.79 Å². The van der Waals surface area contributed by atoms with Crippen LogP contribution < -0.4 is 14.8 Å². The van der Waals surface area contributed by atoms with Crippen LogP contribution in [0.15, 0.2) is 47.4 Å².